The van der Waals surface area contributed by atoms with Gasteiger partial charge in [-0.05, 0) is 24.6 Å². The number of likely N-dealkylation sites (tertiary alicyclic amines) is 1. The second kappa shape index (κ2) is 7.21. The quantitative estimate of drug-likeness (QED) is 0.863. The second-order valence-electron chi connectivity index (χ2n) is 4.89. The van der Waals surface area contributed by atoms with Gasteiger partial charge >= 0.3 is 6.03 Å². The summed E-state index contributed by atoms with van der Waals surface area (Å²) >= 11 is 0. The molecular weight excluding hydrogens is 261 g/mol. The van der Waals surface area contributed by atoms with Crippen LogP contribution in [0, 0.1) is 5.82 Å². The molecule has 1 atom stereocenters. The summed E-state index contributed by atoms with van der Waals surface area (Å²) < 4.78 is 18.0. The lowest BCUT2D eigenvalue weighted by Gasteiger charge is -2.16. The van der Waals surface area contributed by atoms with Crippen molar-refractivity contribution in [3.05, 3.63) is 30.1 Å². The number of halogens is 1. The second-order valence-corrected chi connectivity index (χ2v) is 4.89. The molecule has 20 heavy (non-hydrogen) atoms. The Labute approximate surface area is 118 Å². The molecule has 1 aromatic carbocycles. The van der Waals surface area contributed by atoms with Crippen molar-refractivity contribution < 1.29 is 13.9 Å². The predicted octanol–water partition coefficient (Wildman–Crippen LogP) is 1.67. The maximum atomic E-state index is 13.0. The van der Waals surface area contributed by atoms with Gasteiger partial charge in [0.1, 0.15) is 5.82 Å². The van der Waals surface area contributed by atoms with Crippen molar-refractivity contribution in [2.45, 2.75) is 12.5 Å². The Balaban J connectivity index is 1.75. The first-order chi connectivity index (χ1) is 9.67. The van der Waals surface area contributed by atoms with Gasteiger partial charge in [0.15, 0.2) is 0 Å². The van der Waals surface area contributed by atoms with E-state index in [1.807, 2.05) is 0 Å². The number of methoxy groups -OCH3 is 1. The highest BCUT2D eigenvalue weighted by Gasteiger charge is 2.23. The third kappa shape index (κ3) is 4.47. The van der Waals surface area contributed by atoms with Crippen LogP contribution in [-0.2, 0) is 4.74 Å². The Morgan fingerprint density at radius 2 is 2.40 bits per heavy atom. The fourth-order valence-electron chi connectivity index (χ4n) is 2.29. The first-order valence-electron chi connectivity index (χ1n) is 6.72. The van der Waals surface area contributed by atoms with Gasteiger partial charge in [-0.3, -0.25) is 4.90 Å². The number of rotatable bonds is 5. The molecule has 5 nitrogen and oxygen atoms in total. The molecule has 110 valence electrons. The van der Waals surface area contributed by atoms with Crippen LogP contribution in [0.4, 0.5) is 14.9 Å². The van der Waals surface area contributed by atoms with Crippen LogP contribution in [0.15, 0.2) is 24.3 Å². The van der Waals surface area contributed by atoms with Gasteiger partial charge in [0.05, 0.1) is 6.61 Å². The van der Waals surface area contributed by atoms with Crippen molar-refractivity contribution in [3.63, 3.8) is 0 Å². The minimum Gasteiger partial charge on any atom is -0.383 e. The molecule has 0 aliphatic carbocycles. The number of anilines is 1. The molecule has 6 heteroatoms. The summed E-state index contributed by atoms with van der Waals surface area (Å²) in [6, 6.07) is 5.68. The molecule has 1 aliphatic heterocycles. The highest BCUT2D eigenvalue weighted by molar-refractivity contribution is 5.89. The number of amides is 2. The monoisotopic (exact) mass is 281 g/mol. The molecule has 2 rings (SSSR count). The Morgan fingerprint density at radius 1 is 1.55 bits per heavy atom. The van der Waals surface area contributed by atoms with E-state index in [-0.39, 0.29) is 17.9 Å². The number of carbonyl (C=O) groups excluding carboxylic acids is 1. The number of carbonyl (C=O) groups is 1. The smallest absolute Gasteiger partial charge is 0.319 e. The molecule has 1 fully saturated rings. The number of nitrogens with one attached hydrogen (secondary N) is 2. The molecule has 0 aromatic heterocycles. The third-order valence-electron chi connectivity index (χ3n) is 3.30. The summed E-state index contributed by atoms with van der Waals surface area (Å²) in [4.78, 5) is 14.1. The lowest BCUT2D eigenvalue weighted by atomic mass is 10.3. The topological polar surface area (TPSA) is 53.6 Å². The van der Waals surface area contributed by atoms with Crippen LogP contribution in [0.1, 0.15) is 6.42 Å². The summed E-state index contributed by atoms with van der Waals surface area (Å²) in [5.74, 6) is -0.366. The van der Waals surface area contributed by atoms with E-state index in [0.29, 0.717) is 12.3 Å². The Kier molecular flexibility index (Phi) is 5.31. The average Bonchev–Trinajstić information content (AvgIpc) is 2.83. The zero-order valence-electron chi connectivity index (χ0n) is 11.6. The minimum atomic E-state index is -0.366. The minimum absolute atomic E-state index is 0.125. The maximum Gasteiger partial charge on any atom is 0.319 e. The molecule has 0 saturated carbocycles. The molecule has 1 saturated heterocycles. The Morgan fingerprint density at radius 3 is 3.15 bits per heavy atom. The van der Waals surface area contributed by atoms with Crippen LogP contribution in [0.2, 0.25) is 0 Å². The largest absolute Gasteiger partial charge is 0.383 e. The van der Waals surface area contributed by atoms with Gasteiger partial charge in [-0.15, -0.1) is 0 Å². The van der Waals surface area contributed by atoms with Crippen molar-refractivity contribution in [2.75, 3.05) is 38.7 Å². The van der Waals surface area contributed by atoms with E-state index in [4.69, 9.17) is 4.74 Å². The van der Waals surface area contributed by atoms with Crippen LogP contribution in [0.5, 0.6) is 0 Å². The van der Waals surface area contributed by atoms with E-state index in [0.717, 1.165) is 26.1 Å². The van der Waals surface area contributed by atoms with Gasteiger partial charge in [0.25, 0.3) is 0 Å². The van der Waals surface area contributed by atoms with Crippen molar-refractivity contribution in [3.8, 4) is 0 Å². The average molecular weight is 281 g/mol. The Bertz CT molecular complexity index is 456. The van der Waals surface area contributed by atoms with Crippen molar-refractivity contribution >= 4 is 11.7 Å². The van der Waals surface area contributed by atoms with Gasteiger partial charge in [-0.1, -0.05) is 6.07 Å². The predicted molar refractivity (Wildman–Crippen MR) is 75.3 cm³/mol. The van der Waals surface area contributed by atoms with Crippen molar-refractivity contribution in [1.82, 2.24) is 10.2 Å². The molecule has 1 heterocycles. The standard InChI is InChI=1S/C14H20FN3O2/c1-20-8-7-18-6-5-13(10-18)17-14(19)16-12-4-2-3-11(15)9-12/h2-4,9,13H,5-8,10H2,1H3,(H2,16,17,19)/t13-/m0/s1. The molecule has 0 spiro atoms. The number of ether oxygens (including phenoxy) is 1. The zero-order chi connectivity index (χ0) is 14.4. The molecule has 1 aromatic rings. The summed E-state index contributed by atoms with van der Waals surface area (Å²) in [5.41, 5.74) is 0.455. The van der Waals surface area contributed by atoms with Gasteiger partial charge in [0, 0.05) is 38.5 Å². The lowest BCUT2D eigenvalue weighted by Crippen LogP contribution is -2.40. The van der Waals surface area contributed by atoms with Gasteiger partial charge in [0.2, 0.25) is 0 Å². The number of hydrogen-bond acceptors (Lipinski definition) is 3. The fraction of sp³-hybridized carbons (Fsp3) is 0.500. The normalized spacial score (nSPS) is 19.0. The molecule has 0 unspecified atom stereocenters. The highest BCUT2D eigenvalue weighted by atomic mass is 19.1. The molecule has 2 amide bonds. The fourth-order valence-corrected chi connectivity index (χ4v) is 2.29. The van der Waals surface area contributed by atoms with E-state index >= 15 is 0 Å². The van der Waals surface area contributed by atoms with E-state index in [9.17, 15) is 9.18 Å². The first-order valence-corrected chi connectivity index (χ1v) is 6.72. The summed E-state index contributed by atoms with van der Waals surface area (Å²) in [7, 11) is 1.68. The molecule has 1 aliphatic rings. The lowest BCUT2D eigenvalue weighted by molar-refractivity contribution is 0.160. The molecule has 0 radical (unpaired) electrons. The highest BCUT2D eigenvalue weighted by Crippen LogP contribution is 2.11. The summed E-state index contributed by atoms with van der Waals surface area (Å²) in [6.07, 6.45) is 0.917. The van der Waals surface area contributed by atoms with Gasteiger partial charge < -0.3 is 15.4 Å². The van der Waals surface area contributed by atoms with E-state index < -0.39 is 0 Å². The number of nitrogens with zero attached hydrogens (tertiary/aromatic N) is 1. The number of hydrogen-bond donors (Lipinski definition) is 2. The van der Waals surface area contributed by atoms with E-state index in [1.165, 1.54) is 12.1 Å². The van der Waals surface area contributed by atoms with E-state index in [1.54, 1.807) is 19.2 Å². The zero-order valence-corrected chi connectivity index (χ0v) is 11.6. The molecule has 2 N–H and O–H groups in total. The third-order valence-corrected chi connectivity index (χ3v) is 3.30. The van der Waals surface area contributed by atoms with Crippen LogP contribution in [-0.4, -0.2) is 50.3 Å². The number of benzene rings is 1. The Hall–Kier alpha value is -1.66. The first kappa shape index (κ1) is 14.7. The van der Waals surface area contributed by atoms with Gasteiger partial charge in [-0.25, -0.2) is 9.18 Å². The van der Waals surface area contributed by atoms with Crippen molar-refractivity contribution in [1.29, 1.82) is 0 Å². The SMILES string of the molecule is COCCN1CC[C@H](NC(=O)Nc2cccc(F)c2)C1. The van der Waals surface area contributed by atoms with Crippen LogP contribution >= 0.6 is 0 Å². The summed E-state index contributed by atoms with van der Waals surface area (Å²) in [6.45, 7) is 3.34. The summed E-state index contributed by atoms with van der Waals surface area (Å²) in [5, 5.41) is 5.53. The molecular formula is C14H20FN3O2. The maximum absolute atomic E-state index is 13.0. The molecule has 0 bridgehead atoms. The van der Waals surface area contributed by atoms with Crippen LogP contribution < -0.4 is 10.6 Å². The van der Waals surface area contributed by atoms with Crippen LogP contribution in [0.25, 0.3) is 0 Å². The van der Waals surface area contributed by atoms with Crippen molar-refractivity contribution in [2.24, 2.45) is 0 Å². The van der Waals surface area contributed by atoms with Crippen LogP contribution in [0.3, 0.4) is 0 Å². The van der Waals surface area contributed by atoms with E-state index in [2.05, 4.69) is 15.5 Å². The number of urea groups is 1. The van der Waals surface area contributed by atoms with Gasteiger partial charge in [-0.2, -0.15) is 0 Å².